The minimum atomic E-state index is 1.13. The maximum absolute atomic E-state index is 2.52. The molecule has 0 atom stereocenters. The van der Waals surface area contributed by atoms with E-state index >= 15 is 0 Å². The van der Waals surface area contributed by atoms with Crippen molar-refractivity contribution in [3.63, 3.8) is 0 Å². The fraction of sp³-hybridized carbons (Fsp3) is 0.931. The van der Waals surface area contributed by atoms with E-state index in [1.807, 2.05) is 0 Å². The molecule has 0 aliphatic carbocycles. The van der Waals surface area contributed by atoms with Crippen molar-refractivity contribution in [3.05, 3.63) is 12.4 Å². The molecule has 0 N–H and O–H groups in total. The Morgan fingerprint density at radius 2 is 0.645 bits per heavy atom. The summed E-state index contributed by atoms with van der Waals surface area (Å²) in [5.41, 5.74) is 0. The predicted molar refractivity (Wildman–Crippen MR) is 140 cm³/mol. The van der Waals surface area contributed by atoms with E-state index in [-0.39, 0.29) is 0 Å². The fourth-order valence-corrected chi connectivity index (χ4v) is 4.76. The van der Waals surface area contributed by atoms with Crippen molar-refractivity contribution in [2.24, 2.45) is 0 Å². The predicted octanol–water partition coefficient (Wildman–Crippen LogP) is 9.65. The van der Waals surface area contributed by atoms with Crippen molar-refractivity contribution in [2.75, 3.05) is 19.8 Å². The second kappa shape index (κ2) is 22.5. The van der Waals surface area contributed by atoms with E-state index in [1.165, 1.54) is 154 Å². The van der Waals surface area contributed by atoms with Crippen LogP contribution in [0.4, 0.5) is 0 Å². The highest BCUT2D eigenvalue weighted by Crippen LogP contribution is 2.15. The number of nitrogens with zero attached hydrogens (tertiary/aromatic N) is 2. The van der Waals surface area contributed by atoms with Crippen molar-refractivity contribution in [1.82, 2.24) is 9.80 Å². The van der Waals surface area contributed by atoms with Gasteiger partial charge in [-0.05, 0) is 12.8 Å². The minimum Gasteiger partial charge on any atom is -0.359 e. The Kier molecular flexibility index (Phi) is 20.6. The minimum absolute atomic E-state index is 1.13. The van der Waals surface area contributed by atoms with Gasteiger partial charge in [-0.15, -0.1) is 0 Å². The van der Waals surface area contributed by atoms with Gasteiger partial charge in [0.05, 0.1) is 6.67 Å². The summed E-state index contributed by atoms with van der Waals surface area (Å²) >= 11 is 0. The lowest BCUT2D eigenvalue weighted by atomic mass is 10.1. The van der Waals surface area contributed by atoms with Crippen LogP contribution in [0.1, 0.15) is 155 Å². The molecule has 184 valence electrons. The molecule has 0 saturated heterocycles. The fourth-order valence-electron chi connectivity index (χ4n) is 4.76. The monoisotopic (exact) mass is 434 g/mol. The highest BCUT2D eigenvalue weighted by atomic mass is 15.3. The summed E-state index contributed by atoms with van der Waals surface area (Å²) in [6, 6.07) is 0. The Morgan fingerprint density at radius 1 is 0.387 bits per heavy atom. The maximum Gasteiger partial charge on any atom is 0.0893 e. The Balaban J connectivity index is 1.78. The van der Waals surface area contributed by atoms with Crippen LogP contribution in [0, 0.1) is 0 Å². The third kappa shape index (κ3) is 18.6. The van der Waals surface area contributed by atoms with Gasteiger partial charge < -0.3 is 9.80 Å². The van der Waals surface area contributed by atoms with Gasteiger partial charge in [-0.3, -0.25) is 0 Å². The Bertz CT molecular complexity index is 345. The SMILES string of the molecule is CCCCCCCCCCCCCN1C=CN(CCCCCCCCCCCCC)C1. The standard InChI is InChI=1S/C29H58N2/c1-3-5-7-9-11-13-15-17-19-21-23-25-30-27-28-31(29-30)26-24-22-20-18-16-14-12-10-8-6-4-2/h27-28H,3-26,29H2,1-2H3. The molecule has 1 heterocycles. The van der Waals surface area contributed by atoms with E-state index in [4.69, 9.17) is 0 Å². The number of hydrogen-bond acceptors (Lipinski definition) is 2. The van der Waals surface area contributed by atoms with Crippen molar-refractivity contribution < 1.29 is 0 Å². The van der Waals surface area contributed by atoms with Gasteiger partial charge in [0.15, 0.2) is 0 Å². The summed E-state index contributed by atoms with van der Waals surface area (Å²) in [6.07, 6.45) is 36.2. The molecule has 2 heteroatoms. The molecule has 31 heavy (non-hydrogen) atoms. The highest BCUT2D eigenvalue weighted by molar-refractivity contribution is 4.90. The maximum atomic E-state index is 2.52. The van der Waals surface area contributed by atoms with Gasteiger partial charge in [0, 0.05) is 25.5 Å². The molecule has 1 rings (SSSR count). The first-order valence-electron chi connectivity index (χ1n) is 14.5. The zero-order valence-electron chi connectivity index (χ0n) is 21.7. The molecular weight excluding hydrogens is 376 g/mol. The lowest BCUT2D eigenvalue weighted by molar-refractivity contribution is 0.257. The molecule has 0 aromatic rings. The molecule has 0 spiro atoms. The quantitative estimate of drug-likeness (QED) is 0.139. The molecular formula is C29H58N2. The lowest BCUT2D eigenvalue weighted by Gasteiger charge is -2.21. The van der Waals surface area contributed by atoms with Crippen molar-refractivity contribution in [1.29, 1.82) is 0 Å². The largest absolute Gasteiger partial charge is 0.359 e. The average molecular weight is 435 g/mol. The van der Waals surface area contributed by atoms with Gasteiger partial charge in [0.2, 0.25) is 0 Å². The summed E-state index contributed by atoms with van der Waals surface area (Å²) in [5, 5.41) is 0. The highest BCUT2D eigenvalue weighted by Gasteiger charge is 2.10. The molecule has 0 fully saturated rings. The van der Waals surface area contributed by atoms with E-state index in [1.54, 1.807) is 0 Å². The van der Waals surface area contributed by atoms with Crippen LogP contribution in [0.3, 0.4) is 0 Å². The number of hydrogen-bond donors (Lipinski definition) is 0. The van der Waals surface area contributed by atoms with Crippen LogP contribution in [0.15, 0.2) is 12.4 Å². The molecule has 2 nitrogen and oxygen atoms in total. The van der Waals surface area contributed by atoms with E-state index in [2.05, 4.69) is 36.0 Å². The Labute approximate surface area is 197 Å². The van der Waals surface area contributed by atoms with Crippen LogP contribution < -0.4 is 0 Å². The normalized spacial score (nSPS) is 13.6. The van der Waals surface area contributed by atoms with Gasteiger partial charge in [-0.2, -0.15) is 0 Å². The first kappa shape index (κ1) is 28.4. The molecule has 0 aromatic carbocycles. The molecule has 0 radical (unpaired) electrons. The third-order valence-electron chi connectivity index (χ3n) is 6.95. The van der Waals surface area contributed by atoms with E-state index in [0.717, 1.165) is 6.67 Å². The van der Waals surface area contributed by atoms with Gasteiger partial charge in [-0.25, -0.2) is 0 Å². The first-order valence-corrected chi connectivity index (χ1v) is 14.5. The van der Waals surface area contributed by atoms with Crippen molar-refractivity contribution in [3.8, 4) is 0 Å². The van der Waals surface area contributed by atoms with Crippen LogP contribution in [0.5, 0.6) is 0 Å². The van der Waals surface area contributed by atoms with Crippen molar-refractivity contribution >= 4 is 0 Å². The topological polar surface area (TPSA) is 6.48 Å². The Hall–Kier alpha value is -0.660. The average Bonchev–Trinajstić information content (AvgIpc) is 3.23. The van der Waals surface area contributed by atoms with Crippen molar-refractivity contribution in [2.45, 2.75) is 155 Å². The van der Waals surface area contributed by atoms with Gasteiger partial charge in [0.1, 0.15) is 0 Å². The third-order valence-corrected chi connectivity index (χ3v) is 6.95. The van der Waals surface area contributed by atoms with E-state index in [9.17, 15) is 0 Å². The number of unbranched alkanes of at least 4 members (excludes halogenated alkanes) is 20. The van der Waals surface area contributed by atoms with Crippen LogP contribution in [0.25, 0.3) is 0 Å². The number of rotatable bonds is 24. The first-order chi connectivity index (χ1) is 15.4. The zero-order chi connectivity index (χ0) is 22.2. The van der Waals surface area contributed by atoms with Crippen LogP contribution >= 0.6 is 0 Å². The Morgan fingerprint density at radius 3 is 0.935 bits per heavy atom. The van der Waals surface area contributed by atoms with E-state index < -0.39 is 0 Å². The lowest BCUT2D eigenvalue weighted by Crippen LogP contribution is -2.26. The molecule has 1 aliphatic heterocycles. The molecule has 1 aliphatic rings. The second-order valence-electron chi connectivity index (χ2n) is 10.1. The van der Waals surface area contributed by atoms with Gasteiger partial charge >= 0.3 is 0 Å². The molecule has 0 amide bonds. The van der Waals surface area contributed by atoms with Gasteiger partial charge in [-0.1, -0.05) is 142 Å². The summed E-state index contributed by atoms with van der Waals surface area (Å²) in [7, 11) is 0. The zero-order valence-corrected chi connectivity index (χ0v) is 21.7. The van der Waals surface area contributed by atoms with Gasteiger partial charge in [0.25, 0.3) is 0 Å². The second-order valence-corrected chi connectivity index (χ2v) is 10.1. The smallest absolute Gasteiger partial charge is 0.0893 e. The summed E-state index contributed by atoms with van der Waals surface area (Å²) in [5.74, 6) is 0. The summed E-state index contributed by atoms with van der Waals surface area (Å²) in [4.78, 5) is 5.04. The molecule has 0 saturated carbocycles. The molecule has 0 bridgehead atoms. The molecule has 0 unspecified atom stereocenters. The van der Waals surface area contributed by atoms with Crippen LogP contribution in [-0.4, -0.2) is 29.6 Å². The van der Waals surface area contributed by atoms with E-state index in [0.29, 0.717) is 0 Å². The molecule has 0 aromatic heterocycles. The van der Waals surface area contributed by atoms with Crippen LogP contribution in [-0.2, 0) is 0 Å². The summed E-state index contributed by atoms with van der Waals surface area (Å²) in [6.45, 7) is 8.24. The van der Waals surface area contributed by atoms with Crippen LogP contribution in [0.2, 0.25) is 0 Å². The summed E-state index contributed by atoms with van der Waals surface area (Å²) < 4.78 is 0.